The molecule has 0 aromatic heterocycles. The van der Waals surface area contributed by atoms with Gasteiger partial charge in [-0.15, -0.1) is 0 Å². The third kappa shape index (κ3) is 3.39. The number of hydrogen-bond donors (Lipinski definition) is 0. The van der Waals surface area contributed by atoms with Gasteiger partial charge in [-0.3, -0.25) is 0 Å². The summed E-state index contributed by atoms with van der Waals surface area (Å²) < 4.78 is 5.79. The second-order valence-electron chi connectivity index (χ2n) is 3.96. The van der Waals surface area contributed by atoms with E-state index in [0.29, 0.717) is 0 Å². The lowest BCUT2D eigenvalue weighted by molar-refractivity contribution is 0.130. The Kier molecular flexibility index (Phi) is 3.37. The fourth-order valence-electron chi connectivity index (χ4n) is 1.04. The van der Waals surface area contributed by atoms with Crippen molar-refractivity contribution in [1.29, 1.82) is 0 Å². The maximum atomic E-state index is 5.79. The van der Waals surface area contributed by atoms with Crippen LogP contribution in [0.25, 0.3) is 0 Å². The zero-order valence-electron chi connectivity index (χ0n) is 8.30. The fourth-order valence-corrected chi connectivity index (χ4v) is 1.51. The molecule has 0 aliphatic rings. The zero-order valence-corrected chi connectivity index (χ0v) is 9.89. The summed E-state index contributed by atoms with van der Waals surface area (Å²) in [5.41, 5.74) is 1.07. The van der Waals surface area contributed by atoms with E-state index in [2.05, 4.69) is 42.8 Å². The maximum Gasteiger partial charge on any atom is 0.124 e. The van der Waals surface area contributed by atoms with E-state index < -0.39 is 0 Å². The highest BCUT2D eigenvalue weighted by Gasteiger charge is 2.13. The molecular formula is C11H15BrO. The predicted octanol–water partition coefficient (Wildman–Crippen LogP) is 3.76. The van der Waals surface area contributed by atoms with Crippen LogP contribution in [-0.4, -0.2) is 5.60 Å². The minimum Gasteiger partial charge on any atom is -0.488 e. The smallest absolute Gasteiger partial charge is 0.124 e. The van der Waals surface area contributed by atoms with Gasteiger partial charge in [-0.1, -0.05) is 34.1 Å². The van der Waals surface area contributed by atoms with Gasteiger partial charge < -0.3 is 4.74 Å². The third-order valence-corrected chi connectivity index (χ3v) is 2.14. The molecule has 13 heavy (non-hydrogen) atoms. The standard InChI is InChI=1S/C11H15BrO/c1-11(2,3)13-10-7-5-4-6-9(10)8-12/h4-7H,8H2,1-3H3. The summed E-state index contributed by atoms with van der Waals surface area (Å²) in [5, 5.41) is 0.833. The molecule has 1 aromatic carbocycles. The van der Waals surface area contributed by atoms with Gasteiger partial charge in [0.2, 0.25) is 0 Å². The first-order valence-electron chi connectivity index (χ1n) is 4.36. The Balaban J connectivity index is 2.87. The Hall–Kier alpha value is -0.500. The van der Waals surface area contributed by atoms with Crippen LogP contribution in [0, 0.1) is 0 Å². The zero-order chi connectivity index (χ0) is 9.90. The van der Waals surface area contributed by atoms with Gasteiger partial charge in [0.15, 0.2) is 0 Å². The van der Waals surface area contributed by atoms with Crippen LogP contribution in [0.5, 0.6) is 5.75 Å². The van der Waals surface area contributed by atoms with Crippen LogP contribution >= 0.6 is 15.9 Å². The van der Waals surface area contributed by atoms with Crippen molar-refractivity contribution in [3.8, 4) is 5.75 Å². The Bertz CT molecular complexity index is 276. The molecule has 0 amide bonds. The second-order valence-corrected chi connectivity index (χ2v) is 4.52. The van der Waals surface area contributed by atoms with Gasteiger partial charge in [-0.25, -0.2) is 0 Å². The first-order chi connectivity index (χ1) is 6.03. The highest BCUT2D eigenvalue weighted by Crippen LogP contribution is 2.24. The monoisotopic (exact) mass is 242 g/mol. The number of halogens is 1. The summed E-state index contributed by atoms with van der Waals surface area (Å²) in [6, 6.07) is 8.08. The second kappa shape index (κ2) is 4.14. The van der Waals surface area contributed by atoms with Gasteiger partial charge in [0.05, 0.1) is 0 Å². The van der Waals surface area contributed by atoms with Gasteiger partial charge in [0.25, 0.3) is 0 Å². The minimum absolute atomic E-state index is 0.127. The number of ether oxygens (including phenoxy) is 1. The molecule has 2 heteroatoms. The van der Waals surface area contributed by atoms with Gasteiger partial charge in [0, 0.05) is 10.9 Å². The van der Waals surface area contributed by atoms with Crippen molar-refractivity contribution in [3.05, 3.63) is 29.8 Å². The summed E-state index contributed by atoms with van der Waals surface area (Å²) in [7, 11) is 0. The maximum absolute atomic E-state index is 5.79. The summed E-state index contributed by atoms with van der Waals surface area (Å²) >= 11 is 3.44. The molecule has 0 spiro atoms. The molecule has 0 N–H and O–H groups in total. The Morgan fingerprint density at radius 2 is 1.85 bits per heavy atom. The fraction of sp³-hybridized carbons (Fsp3) is 0.455. The molecule has 0 heterocycles. The van der Waals surface area contributed by atoms with Crippen LogP contribution in [0.3, 0.4) is 0 Å². The van der Waals surface area contributed by atoms with Crippen molar-refractivity contribution < 1.29 is 4.74 Å². The van der Waals surface area contributed by atoms with Crippen molar-refractivity contribution in [2.75, 3.05) is 0 Å². The van der Waals surface area contributed by atoms with Crippen molar-refractivity contribution in [3.63, 3.8) is 0 Å². The first-order valence-corrected chi connectivity index (χ1v) is 5.48. The number of rotatable bonds is 2. The summed E-state index contributed by atoms with van der Waals surface area (Å²) in [6.45, 7) is 6.16. The Morgan fingerprint density at radius 1 is 1.23 bits per heavy atom. The molecule has 0 radical (unpaired) electrons. The van der Waals surface area contributed by atoms with E-state index in [0.717, 1.165) is 11.1 Å². The molecule has 0 atom stereocenters. The van der Waals surface area contributed by atoms with Crippen LogP contribution in [0.15, 0.2) is 24.3 Å². The third-order valence-electron chi connectivity index (χ3n) is 1.53. The molecule has 0 saturated carbocycles. The minimum atomic E-state index is -0.127. The molecular weight excluding hydrogens is 228 g/mol. The number of benzene rings is 1. The molecule has 0 unspecified atom stereocenters. The number of hydrogen-bond acceptors (Lipinski definition) is 1. The molecule has 0 bridgehead atoms. The van der Waals surface area contributed by atoms with Gasteiger partial charge in [0.1, 0.15) is 11.4 Å². The molecule has 0 fully saturated rings. The molecule has 0 aliphatic carbocycles. The van der Waals surface area contributed by atoms with E-state index in [4.69, 9.17) is 4.74 Å². The van der Waals surface area contributed by atoms with Crippen molar-refractivity contribution in [1.82, 2.24) is 0 Å². The largest absolute Gasteiger partial charge is 0.488 e. The van der Waals surface area contributed by atoms with Crippen LogP contribution in [0.2, 0.25) is 0 Å². The van der Waals surface area contributed by atoms with Crippen molar-refractivity contribution >= 4 is 15.9 Å². The first kappa shape index (κ1) is 10.6. The molecule has 72 valence electrons. The van der Waals surface area contributed by atoms with E-state index in [-0.39, 0.29) is 5.60 Å². The van der Waals surface area contributed by atoms with Gasteiger partial charge in [-0.05, 0) is 26.8 Å². The summed E-state index contributed by atoms with van der Waals surface area (Å²) in [5.74, 6) is 0.965. The lowest BCUT2D eigenvalue weighted by Gasteiger charge is -2.22. The van der Waals surface area contributed by atoms with Crippen LogP contribution in [-0.2, 0) is 5.33 Å². The average molecular weight is 243 g/mol. The predicted molar refractivity (Wildman–Crippen MR) is 59.5 cm³/mol. The molecule has 0 aliphatic heterocycles. The van der Waals surface area contributed by atoms with Crippen LogP contribution in [0.1, 0.15) is 26.3 Å². The average Bonchev–Trinajstić information content (AvgIpc) is 2.02. The quantitative estimate of drug-likeness (QED) is 0.718. The van der Waals surface area contributed by atoms with Gasteiger partial charge in [-0.2, -0.15) is 0 Å². The van der Waals surface area contributed by atoms with Crippen LogP contribution < -0.4 is 4.74 Å². The van der Waals surface area contributed by atoms with Crippen LogP contribution in [0.4, 0.5) is 0 Å². The lowest BCUT2D eigenvalue weighted by atomic mass is 10.1. The number of alkyl halides is 1. The van der Waals surface area contributed by atoms with E-state index in [1.165, 1.54) is 5.56 Å². The normalized spacial score (nSPS) is 11.4. The Labute approximate surface area is 88.2 Å². The summed E-state index contributed by atoms with van der Waals surface area (Å²) in [4.78, 5) is 0. The molecule has 0 saturated heterocycles. The topological polar surface area (TPSA) is 9.23 Å². The number of para-hydroxylation sites is 1. The SMILES string of the molecule is CC(C)(C)Oc1ccccc1CBr. The van der Waals surface area contributed by atoms with Crippen molar-refractivity contribution in [2.24, 2.45) is 0 Å². The van der Waals surface area contributed by atoms with E-state index in [1.807, 2.05) is 18.2 Å². The van der Waals surface area contributed by atoms with E-state index in [1.54, 1.807) is 0 Å². The highest BCUT2D eigenvalue weighted by atomic mass is 79.9. The lowest BCUT2D eigenvalue weighted by Crippen LogP contribution is -2.23. The molecule has 1 nitrogen and oxygen atoms in total. The molecule has 1 aromatic rings. The van der Waals surface area contributed by atoms with E-state index in [9.17, 15) is 0 Å². The summed E-state index contributed by atoms with van der Waals surface area (Å²) in [6.07, 6.45) is 0. The molecule has 1 rings (SSSR count). The van der Waals surface area contributed by atoms with E-state index >= 15 is 0 Å². The van der Waals surface area contributed by atoms with Crippen molar-refractivity contribution in [2.45, 2.75) is 31.7 Å². The van der Waals surface area contributed by atoms with Gasteiger partial charge >= 0.3 is 0 Å². The highest BCUT2D eigenvalue weighted by molar-refractivity contribution is 9.08. The Morgan fingerprint density at radius 3 is 2.38 bits per heavy atom.